The zero-order chi connectivity index (χ0) is 14.7. The lowest BCUT2D eigenvalue weighted by Crippen LogP contribution is -2.14. The van der Waals surface area contributed by atoms with E-state index in [1.807, 2.05) is 48.5 Å². The Morgan fingerprint density at radius 3 is 2.33 bits per heavy atom. The molecular formula is C18H13NO2. The molecule has 3 aromatic carbocycles. The first-order valence-corrected chi connectivity index (χ1v) is 6.63. The number of para-hydroxylation sites is 1. The minimum Gasteiger partial charge on any atom is -0.322 e. The largest absolute Gasteiger partial charge is 0.322 e. The van der Waals surface area contributed by atoms with Crippen molar-refractivity contribution in [3.63, 3.8) is 0 Å². The quantitative estimate of drug-likeness (QED) is 0.737. The van der Waals surface area contributed by atoms with Crippen LogP contribution in [0.2, 0.25) is 0 Å². The van der Waals surface area contributed by atoms with Crippen molar-refractivity contribution >= 4 is 28.7 Å². The Kier molecular flexibility index (Phi) is 3.48. The Labute approximate surface area is 122 Å². The molecule has 0 aliphatic rings. The fourth-order valence-electron chi connectivity index (χ4n) is 2.34. The summed E-state index contributed by atoms with van der Waals surface area (Å²) in [7, 11) is 0. The minimum atomic E-state index is -0.283. The highest BCUT2D eigenvalue weighted by molar-refractivity contribution is 6.14. The number of rotatable bonds is 3. The van der Waals surface area contributed by atoms with Crippen molar-refractivity contribution in [2.45, 2.75) is 0 Å². The summed E-state index contributed by atoms with van der Waals surface area (Å²) in [4.78, 5) is 23.8. The number of anilines is 1. The molecular weight excluding hydrogens is 262 g/mol. The molecule has 3 nitrogen and oxygen atoms in total. The first-order chi connectivity index (χ1) is 10.3. The summed E-state index contributed by atoms with van der Waals surface area (Å²) in [5.74, 6) is -0.283. The van der Waals surface area contributed by atoms with E-state index in [0.717, 1.165) is 17.1 Å². The summed E-state index contributed by atoms with van der Waals surface area (Å²) in [6.45, 7) is 0. The lowest BCUT2D eigenvalue weighted by Gasteiger charge is -2.09. The van der Waals surface area contributed by atoms with Crippen LogP contribution in [0.5, 0.6) is 0 Å². The number of amides is 1. The van der Waals surface area contributed by atoms with Crippen LogP contribution in [0.3, 0.4) is 0 Å². The second kappa shape index (κ2) is 5.59. The van der Waals surface area contributed by atoms with Crippen LogP contribution >= 0.6 is 0 Å². The molecule has 0 spiro atoms. The van der Waals surface area contributed by atoms with Gasteiger partial charge in [0.25, 0.3) is 5.91 Å². The van der Waals surface area contributed by atoms with Crippen LogP contribution in [0, 0.1) is 0 Å². The second-order valence-corrected chi connectivity index (χ2v) is 4.69. The van der Waals surface area contributed by atoms with E-state index in [1.54, 1.807) is 18.2 Å². The molecule has 0 aliphatic heterocycles. The van der Waals surface area contributed by atoms with Gasteiger partial charge >= 0.3 is 0 Å². The topological polar surface area (TPSA) is 46.2 Å². The van der Waals surface area contributed by atoms with Crippen molar-refractivity contribution in [2.24, 2.45) is 0 Å². The number of carbonyl (C=O) groups excluding carboxylic acids is 2. The molecule has 3 aromatic rings. The SMILES string of the molecule is O=Cc1c(C(=O)Nc2ccccc2)ccc2ccccc12. The van der Waals surface area contributed by atoms with Gasteiger partial charge in [0.1, 0.15) is 0 Å². The molecule has 102 valence electrons. The average molecular weight is 275 g/mol. The highest BCUT2D eigenvalue weighted by Crippen LogP contribution is 2.22. The predicted molar refractivity (Wildman–Crippen MR) is 83.7 cm³/mol. The van der Waals surface area contributed by atoms with Crippen LogP contribution in [-0.2, 0) is 0 Å². The van der Waals surface area contributed by atoms with Gasteiger partial charge in [0.2, 0.25) is 0 Å². The Balaban J connectivity index is 2.04. The van der Waals surface area contributed by atoms with Gasteiger partial charge in [-0.3, -0.25) is 9.59 Å². The Morgan fingerprint density at radius 1 is 0.857 bits per heavy atom. The van der Waals surface area contributed by atoms with Gasteiger partial charge in [0, 0.05) is 11.3 Å². The van der Waals surface area contributed by atoms with Crippen LogP contribution in [0.15, 0.2) is 66.7 Å². The fraction of sp³-hybridized carbons (Fsp3) is 0. The van der Waals surface area contributed by atoms with Gasteiger partial charge in [-0.2, -0.15) is 0 Å². The van der Waals surface area contributed by atoms with Crippen molar-refractivity contribution in [3.8, 4) is 0 Å². The number of nitrogens with one attached hydrogen (secondary N) is 1. The molecule has 0 saturated heterocycles. The Hall–Kier alpha value is -2.94. The molecule has 0 bridgehead atoms. The first kappa shape index (κ1) is 13.1. The average Bonchev–Trinajstić information content (AvgIpc) is 2.54. The van der Waals surface area contributed by atoms with Gasteiger partial charge in [-0.25, -0.2) is 0 Å². The third-order valence-corrected chi connectivity index (χ3v) is 3.36. The molecule has 0 unspecified atom stereocenters. The van der Waals surface area contributed by atoms with Gasteiger partial charge < -0.3 is 5.32 Å². The van der Waals surface area contributed by atoms with Gasteiger partial charge in [-0.1, -0.05) is 48.5 Å². The maximum atomic E-state index is 12.4. The van der Waals surface area contributed by atoms with E-state index in [-0.39, 0.29) is 5.91 Å². The maximum Gasteiger partial charge on any atom is 0.256 e. The maximum absolute atomic E-state index is 12.4. The fourth-order valence-corrected chi connectivity index (χ4v) is 2.34. The zero-order valence-corrected chi connectivity index (χ0v) is 11.2. The van der Waals surface area contributed by atoms with Crippen LogP contribution in [0.1, 0.15) is 20.7 Å². The molecule has 3 rings (SSSR count). The van der Waals surface area contributed by atoms with E-state index < -0.39 is 0 Å². The van der Waals surface area contributed by atoms with Crippen LogP contribution in [0.4, 0.5) is 5.69 Å². The van der Waals surface area contributed by atoms with Crippen molar-refractivity contribution < 1.29 is 9.59 Å². The highest BCUT2D eigenvalue weighted by Gasteiger charge is 2.13. The Morgan fingerprint density at radius 2 is 1.57 bits per heavy atom. The van der Waals surface area contributed by atoms with Gasteiger partial charge in [-0.15, -0.1) is 0 Å². The van der Waals surface area contributed by atoms with Gasteiger partial charge in [0.15, 0.2) is 6.29 Å². The molecule has 1 amide bonds. The third kappa shape index (κ3) is 2.54. The van der Waals surface area contributed by atoms with Crippen molar-refractivity contribution in [2.75, 3.05) is 5.32 Å². The highest BCUT2D eigenvalue weighted by atomic mass is 16.1. The summed E-state index contributed by atoms with van der Waals surface area (Å²) >= 11 is 0. The van der Waals surface area contributed by atoms with Crippen LogP contribution < -0.4 is 5.32 Å². The molecule has 0 heterocycles. The number of hydrogen-bond acceptors (Lipinski definition) is 2. The van der Waals surface area contributed by atoms with Crippen molar-refractivity contribution in [1.82, 2.24) is 0 Å². The minimum absolute atomic E-state index is 0.283. The third-order valence-electron chi connectivity index (χ3n) is 3.36. The summed E-state index contributed by atoms with van der Waals surface area (Å²) in [6, 6.07) is 20.2. The molecule has 3 heteroatoms. The van der Waals surface area contributed by atoms with Gasteiger partial charge in [-0.05, 0) is 29.0 Å². The summed E-state index contributed by atoms with van der Waals surface area (Å²) in [5.41, 5.74) is 1.50. The van der Waals surface area contributed by atoms with E-state index in [2.05, 4.69) is 5.32 Å². The smallest absolute Gasteiger partial charge is 0.256 e. The molecule has 21 heavy (non-hydrogen) atoms. The lowest BCUT2D eigenvalue weighted by atomic mass is 9.99. The van der Waals surface area contributed by atoms with Crippen molar-refractivity contribution in [1.29, 1.82) is 0 Å². The number of benzene rings is 3. The first-order valence-electron chi connectivity index (χ1n) is 6.63. The number of fused-ring (bicyclic) bond motifs is 1. The summed E-state index contributed by atoms with van der Waals surface area (Å²) in [6.07, 6.45) is 0.738. The van der Waals surface area contributed by atoms with E-state index in [0.29, 0.717) is 16.8 Å². The normalized spacial score (nSPS) is 10.3. The van der Waals surface area contributed by atoms with Crippen LogP contribution in [-0.4, -0.2) is 12.2 Å². The number of carbonyl (C=O) groups is 2. The summed E-state index contributed by atoms with van der Waals surface area (Å²) in [5, 5.41) is 4.53. The zero-order valence-electron chi connectivity index (χ0n) is 11.2. The van der Waals surface area contributed by atoms with Crippen molar-refractivity contribution in [3.05, 3.63) is 77.9 Å². The van der Waals surface area contributed by atoms with E-state index >= 15 is 0 Å². The van der Waals surface area contributed by atoms with Crippen LogP contribution in [0.25, 0.3) is 10.8 Å². The van der Waals surface area contributed by atoms with E-state index in [4.69, 9.17) is 0 Å². The summed E-state index contributed by atoms with van der Waals surface area (Å²) < 4.78 is 0. The molecule has 0 saturated carbocycles. The number of aldehydes is 1. The number of hydrogen-bond donors (Lipinski definition) is 1. The second-order valence-electron chi connectivity index (χ2n) is 4.69. The Bertz CT molecular complexity index is 810. The van der Waals surface area contributed by atoms with Gasteiger partial charge in [0.05, 0.1) is 5.56 Å². The van der Waals surface area contributed by atoms with E-state index in [9.17, 15) is 9.59 Å². The molecule has 0 aromatic heterocycles. The molecule has 0 aliphatic carbocycles. The molecule has 0 fully saturated rings. The molecule has 0 radical (unpaired) electrons. The van der Waals surface area contributed by atoms with E-state index in [1.165, 1.54) is 0 Å². The monoisotopic (exact) mass is 275 g/mol. The standard InChI is InChI=1S/C18H13NO2/c20-12-17-15-9-5-4-6-13(15)10-11-16(17)18(21)19-14-7-2-1-3-8-14/h1-12H,(H,19,21). The molecule has 1 N–H and O–H groups in total. The lowest BCUT2D eigenvalue weighted by molar-refractivity contribution is 0.101. The predicted octanol–water partition coefficient (Wildman–Crippen LogP) is 3.90. The molecule has 0 atom stereocenters.